The van der Waals surface area contributed by atoms with Crippen molar-refractivity contribution >= 4 is 38.7 Å². The molecule has 24 heavy (non-hydrogen) atoms. The minimum Gasteiger partial charge on any atom is -0.398 e. The molecule has 0 unspecified atom stereocenters. The highest BCUT2D eigenvalue weighted by atomic mass is 16.1. The van der Waals surface area contributed by atoms with Gasteiger partial charge in [0.25, 0.3) is 0 Å². The zero-order valence-corrected chi connectivity index (χ0v) is 13.0. The van der Waals surface area contributed by atoms with Crippen LogP contribution in [-0.2, 0) is 0 Å². The van der Waals surface area contributed by atoms with E-state index in [0.717, 1.165) is 21.5 Å². The first-order valence-corrected chi connectivity index (χ1v) is 7.76. The van der Waals surface area contributed by atoms with E-state index in [9.17, 15) is 4.79 Å². The van der Waals surface area contributed by atoms with E-state index < -0.39 is 0 Å². The lowest BCUT2D eigenvalue weighted by Gasteiger charge is -2.13. The molecule has 116 valence electrons. The summed E-state index contributed by atoms with van der Waals surface area (Å²) in [6.45, 7) is 0. The first-order chi connectivity index (χ1) is 11.7. The quantitative estimate of drug-likeness (QED) is 0.426. The molecule has 0 radical (unpaired) electrons. The Morgan fingerprint density at radius 2 is 1.00 bits per heavy atom. The van der Waals surface area contributed by atoms with Gasteiger partial charge in [-0.1, -0.05) is 60.7 Å². The lowest BCUT2D eigenvalue weighted by Crippen LogP contribution is -2.09. The predicted octanol–water partition coefficient (Wildman–Crippen LogP) is 4.39. The molecular weight excluding hydrogens is 296 g/mol. The van der Waals surface area contributed by atoms with Gasteiger partial charge in [0.05, 0.1) is 11.1 Å². The second-order valence-electron chi connectivity index (χ2n) is 5.83. The van der Waals surface area contributed by atoms with E-state index >= 15 is 0 Å². The maximum absolute atomic E-state index is 13.4. The molecular formula is C21H16N2O. The minimum absolute atomic E-state index is 0.140. The molecule has 0 aromatic heterocycles. The largest absolute Gasteiger partial charge is 0.398 e. The van der Waals surface area contributed by atoms with Gasteiger partial charge in [-0.25, -0.2) is 0 Å². The highest BCUT2D eigenvalue weighted by Crippen LogP contribution is 2.32. The number of ketones is 1. The number of fused-ring (bicyclic) bond motifs is 2. The molecule has 0 fully saturated rings. The van der Waals surface area contributed by atoms with E-state index in [1.165, 1.54) is 0 Å². The van der Waals surface area contributed by atoms with Crippen LogP contribution in [0.25, 0.3) is 21.5 Å². The number of carbonyl (C=O) groups excluding carboxylic acids is 1. The van der Waals surface area contributed by atoms with Crippen LogP contribution < -0.4 is 11.5 Å². The summed E-state index contributed by atoms with van der Waals surface area (Å²) in [5.74, 6) is -0.140. The number of carbonyl (C=O) groups is 1. The van der Waals surface area contributed by atoms with Crippen molar-refractivity contribution in [1.82, 2.24) is 0 Å². The third kappa shape index (κ3) is 2.10. The fourth-order valence-electron chi connectivity index (χ4n) is 3.21. The number of hydrogen-bond donors (Lipinski definition) is 2. The number of nitrogen functional groups attached to an aromatic ring is 2. The van der Waals surface area contributed by atoms with Gasteiger partial charge in [0.2, 0.25) is 0 Å². The van der Waals surface area contributed by atoms with Crippen molar-refractivity contribution in [1.29, 1.82) is 0 Å². The highest BCUT2D eigenvalue weighted by molar-refractivity contribution is 6.26. The monoisotopic (exact) mass is 312 g/mol. The molecule has 4 aromatic rings. The van der Waals surface area contributed by atoms with Crippen molar-refractivity contribution < 1.29 is 4.79 Å². The smallest absolute Gasteiger partial charge is 0.198 e. The van der Waals surface area contributed by atoms with E-state index in [1.54, 1.807) is 12.1 Å². The van der Waals surface area contributed by atoms with Gasteiger partial charge >= 0.3 is 0 Å². The van der Waals surface area contributed by atoms with Crippen LogP contribution in [0.1, 0.15) is 15.9 Å². The summed E-state index contributed by atoms with van der Waals surface area (Å²) in [6, 6.07) is 22.9. The van der Waals surface area contributed by atoms with Crippen LogP contribution in [0.4, 0.5) is 11.4 Å². The topological polar surface area (TPSA) is 69.1 Å². The van der Waals surface area contributed by atoms with Crippen LogP contribution in [0, 0.1) is 0 Å². The lowest BCUT2D eigenvalue weighted by atomic mass is 9.91. The Balaban J connectivity index is 2.05. The van der Waals surface area contributed by atoms with Gasteiger partial charge in [0.15, 0.2) is 5.78 Å². The van der Waals surface area contributed by atoms with Crippen LogP contribution in [0.15, 0.2) is 72.8 Å². The lowest BCUT2D eigenvalue weighted by molar-refractivity contribution is 0.104. The average molecular weight is 312 g/mol. The molecule has 4 rings (SSSR count). The van der Waals surface area contributed by atoms with Crippen LogP contribution in [-0.4, -0.2) is 5.78 Å². The molecule has 0 aliphatic heterocycles. The zero-order chi connectivity index (χ0) is 16.7. The highest BCUT2D eigenvalue weighted by Gasteiger charge is 2.20. The predicted molar refractivity (Wildman–Crippen MR) is 100 cm³/mol. The summed E-state index contributed by atoms with van der Waals surface area (Å²) < 4.78 is 0. The molecule has 0 spiro atoms. The van der Waals surface area contributed by atoms with Gasteiger partial charge in [0.1, 0.15) is 0 Å². The van der Waals surface area contributed by atoms with Gasteiger partial charge in [-0.15, -0.1) is 0 Å². The third-order valence-electron chi connectivity index (χ3n) is 4.38. The molecule has 0 atom stereocenters. The van der Waals surface area contributed by atoms with E-state index in [4.69, 9.17) is 11.5 Å². The fourth-order valence-corrected chi connectivity index (χ4v) is 3.21. The number of rotatable bonds is 2. The van der Waals surface area contributed by atoms with Crippen LogP contribution >= 0.6 is 0 Å². The maximum atomic E-state index is 13.4. The Labute approximate surface area is 139 Å². The van der Waals surface area contributed by atoms with Crippen molar-refractivity contribution in [2.24, 2.45) is 0 Å². The first kappa shape index (κ1) is 14.3. The molecule has 0 amide bonds. The Hall–Kier alpha value is -3.33. The Morgan fingerprint density at radius 3 is 1.46 bits per heavy atom. The maximum Gasteiger partial charge on any atom is 0.198 e. The summed E-state index contributed by atoms with van der Waals surface area (Å²) in [5, 5.41) is 3.65. The number of hydrogen-bond acceptors (Lipinski definition) is 3. The Bertz CT molecular complexity index is 1010. The molecule has 0 aliphatic carbocycles. The summed E-state index contributed by atoms with van der Waals surface area (Å²) in [4.78, 5) is 13.4. The summed E-state index contributed by atoms with van der Waals surface area (Å²) in [6.07, 6.45) is 0. The first-order valence-electron chi connectivity index (χ1n) is 7.76. The SMILES string of the molecule is Nc1ccc2ccccc2c1C(=O)c1c(N)ccc2ccccc12. The second kappa shape index (κ2) is 5.39. The molecule has 4 N–H and O–H groups in total. The third-order valence-corrected chi connectivity index (χ3v) is 4.38. The van der Waals surface area contributed by atoms with Crippen LogP contribution in [0.3, 0.4) is 0 Å². The Morgan fingerprint density at radius 1 is 0.583 bits per heavy atom. The molecule has 3 heteroatoms. The van der Waals surface area contributed by atoms with E-state index in [2.05, 4.69) is 0 Å². The summed E-state index contributed by atoms with van der Waals surface area (Å²) >= 11 is 0. The van der Waals surface area contributed by atoms with Crippen LogP contribution in [0.5, 0.6) is 0 Å². The molecule has 0 heterocycles. The van der Waals surface area contributed by atoms with Crippen molar-refractivity contribution in [3.63, 3.8) is 0 Å². The van der Waals surface area contributed by atoms with Crippen LogP contribution in [0.2, 0.25) is 0 Å². The zero-order valence-electron chi connectivity index (χ0n) is 13.0. The van der Waals surface area contributed by atoms with Gasteiger partial charge in [-0.2, -0.15) is 0 Å². The van der Waals surface area contributed by atoms with Crippen molar-refractivity contribution in [3.05, 3.63) is 83.9 Å². The number of benzene rings is 4. The van der Waals surface area contributed by atoms with Crippen molar-refractivity contribution in [2.75, 3.05) is 11.5 Å². The second-order valence-corrected chi connectivity index (χ2v) is 5.83. The van der Waals surface area contributed by atoms with E-state index in [1.807, 2.05) is 60.7 Å². The fraction of sp³-hybridized carbons (Fsp3) is 0. The average Bonchev–Trinajstić information content (AvgIpc) is 2.61. The molecule has 3 nitrogen and oxygen atoms in total. The van der Waals surface area contributed by atoms with Gasteiger partial charge in [-0.3, -0.25) is 4.79 Å². The standard InChI is InChI=1S/C21H16N2O/c22-17-11-9-13-5-1-3-7-15(13)19(17)21(24)20-16-8-4-2-6-14(16)10-12-18(20)23/h1-12H,22-23H2. The summed E-state index contributed by atoms with van der Waals surface area (Å²) in [7, 11) is 0. The molecule has 0 aliphatic rings. The van der Waals surface area contributed by atoms with Gasteiger partial charge < -0.3 is 11.5 Å². The Kier molecular flexibility index (Phi) is 3.21. The van der Waals surface area contributed by atoms with Crippen molar-refractivity contribution in [2.45, 2.75) is 0 Å². The number of nitrogens with two attached hydrogens (primary N) is 2. The van der Waals surface area contributed by atoms with E-state index in [0.29, 0.717) is 22.5 Å². The molecule has 4 aromatic carbocycles. The van der Waals surface area contributed by atoms with Gasteiger partial charge in [-0.05, 0) is 33.7 Å². The van der Waals surface area contributed by atoms with Gasteiger partial charge in [0, 0.05) is 11.4 Å². The van der Waals surface area contributed by atoms with Crippen molar-refractivity contribution in [3.8, 4) is 0 Å². The number of anilines is 2. The molecule has 0 saturated carbocycles. The normalized spacial score (nSPS) is 11.0. The van der Waals surface area contributed by atoms with E-state index in [-0.39, 0.29) is 5.78 Å². The summed E-state index contributed by atoms with van der Waals surface area (Å²) in [5.41, 5.74) is 14.3. The minimum atomic E-state index is -0.140. The molecule has 0 bridgehead atoms. The molecule has 0 saturated heterocycles.